The Balaban J connectivity index is 2.19. The zero-order valence-corrected chi connectivity index (χ0v) is 11.8. The number of carbonyl (C=O) groups is 1. The second-order valence-corrected chi connectivity index (χ2v) is 5.74. The molecule has 0 aliphatic carbocycles. The van der Waals surface area contributed by atoms with E-state index in [0.717, 1.165) is 8.47 Å². The van der Waals surface area contributed by atoms with Gasteiger partial charge in [-0.2, -0.15) is 0 Å². The smallest absolute Gasteiger partial charge is 0.282 e. The number of amides is 1. The monoisotopic (exact) mass is 401 g/mol. The van der Waals surface area contributed by atoms with E-state index >= 15 is 0 Å². The maximum atomic E-state index is 12.6. The summed E-state index contributed by atoms with van der Waals surface area (Å²) in [7, 11) is 0. The number of hydrogen-bond acceptors (Lipinski definition) is 1. The normalized spacial score (nSPS) is 18.1. The van der Waals surface area contributed by atoms with Crippen molar-refractivity contribution < 1.29 is 13.6 Å². The molecule has 1 aromatic carbocycles. The van der Waals surface area contributed by atoms with E-state index in [2.05, 4.69) is 38.5 Å². The SMILES string of the molecule is O=C(c1cc(I)ccc1Br)N1CC(F)(F)C1. The van der Waals surface area contributed by atoms with Crippen molar-refractivity contribution in [3.63, 3.8) is 0 Å². The summed E-state index contributed by atoms with van der Waals surface area (Å²) < 4.78 is 26.8. The minimum absolute atomic E-state index is 0.351. The van der Waals surface area contributed by atoms with Crippen LogP contribution >= 0.6 is 38.5 Å². The summed E-state index contributed by atoms with van der Waals surface area (Å²) in [4.78, 5) is 13.0. The van der Waals surface area contributed by atoms with Crippen LogP contribution in [0, 0.1) is 3.57 Å². The lowest BCUT2D eigenvalue weighted by Crippen LogP contribution is -2.58. The van der Waals surface area contributed by atoms with Crippen LogP contribution in [0.4, 0.5) is 8.78 Å². The number of likely N-dealkylation sites (tertiary alicyclic amines) is 1. The minimum atomic E-state index is -2.72. The molecule has 1 amide bonds. The first-order valence-electron chi connectivity index (χ1n) is 4.51. The molecular weight excluding hydrogens is 395 g/mol. The summed E-state index contributed by atoms with van der Waals surface area (Å²) in [5.74, 6) is -3.07. The number of benzene rings is 1. The molecule has 1 saturated heterocycles. The molecule has 0 aromatic heterocycles. The van der Waals surface area contributed by atoms with Crippen molar-refractivity contribution in [2.45, 2.75) is 5.92 Å². The molecule has 1 fully saturated rings. The number of nitrogens with zero attached hydrogens (tertiary/aromatic N) is 1. The Hall–Kier alpha value is -0.240. The van der Waals surface area contributed by atoms with Gasteiger partial charge in [0, 0.05) is 8.04 Å². The van der Waals surface area contributed by atoms with Crippen LogP contribution < -0.4 is 0 Å². The average Bonchev–Trinajstić information content (AvgIpc) is 2.17. The van der Waals surface area contributed by atoms with Gasteiger partial charge in [0.25, 0.3) is 11.8 Å². The Morgan fingerprint density at radius 2 is 2.06 bits per heavy atom. The van der Waals surface area contributed by atoms with Crippen LogP contribution in [-0.2, 0) is 0 Å². The zero-order valence-electron chi connectivity index (χ0n) is 8.01. The summed E-state index contributed by atoms with van der Waals surface area (Å²) in [5.41, 5.74) is 0.433. The first-order chi connectivity index (χ1) is 7.39. The molecule has 1 aromatic rings. The largest absolute Gasteiger partial charge is 0.326 e. The highest BCUT2D eigenvalue weighted by molar-refractivity contribution is 14.1. The highest BCUT2D eigenvalue weighted by Crippen LogP contribution is 2.30. The summed E-state index contributed by atoms with van der Waals surface area (Å²) in [5, 5.41) is 0. The van der Waals surface area contributed by atoms with E-state index in [1.54, 1.807) is 12.1 Å². The van der Waals surface area contributed by atoms with Crippen molar-refractivity contribution >= 4 is 44.4 Å². The highest BCUT2D eigenvalue weighted by atomic mass is 127. The van der Waals surface area contributed by atoms with Crippen molar-refractivity contribution in [2.75, 3.05) is 13.1 Å². The maximum Gasteiger partial charge on any atom is 0.282 e. The number of hydrogen-bond donors (Lipinski definition) is 0. The van der Waals surface area contributed by atoms with Gasteiger partial charge in [-0.25, -0.2) is 8.78 Å². The fourth-order valence-corrected chi connectivity index (χ4v) is 2.39. The van der Waals surface area contributed by atoms with Crippen LogP contribution in [0.5, 0.6) is 0 Å². The number of carbonyl (C=O) groups excluding carboxylic acids is 1. The highest BCUT2D eigenvalue weighted by Gasteiger charge is 2.46. The standard InChI is InChI=1S/C10H7BrF2INO/c11-8-2-1-6(14)3-7(8)9(16)15-4-10(12,13)5-15/h1-3H,4-5H2. The number of rotatable bonds is 1. The average molecular weight is 402 g/mol. The Morgan fingerprint density at radius 3 is 2.62 bits per heavy atom. The fourth-order valence-electron chi connectivity index (χ4n) is 1.49. The van der Waals surface area contributed by atoms with E-state index in [1.807, 2.05) is 6.07 Å². The first kappa shape index (κ1) is 12.2. The van der Waals surface area contributed by atoms with E-state index in [-0.39, 0.29) is 5.91 Å². The molecule has 2 rings (SSSR count). The molecule has 1 heterocycles. The Kier molecular flexibility index (Phi) is 3.22. The second-order valence-electron chi connectivity index (χ2n) is 3.64. The predicted octanol–water partition coefficient (Wildman–Crippen LogP) is 3.14. The molecule has 0 saturated carbocycles. The molecule has 0 atom stereocenters. The molecule has 0 N–H and O–H groups in total. The van der Waals surface area contributed by atoms with E-state index < -0.39 is 19.0 Å². The van der Waals surface area contributed by atoms with Gasteiger partial charge in [-0.1, -0.05) is 0 Å². The Bertz CT molecular complexity index is 444. The van der Waals surface area contributed by atoms with Crippen LogP contribution in [0.3, 0.4) is 0 Å². The van der Waals surface area contributed by atoms with E-state index in [9.17, 15) is 13.6 Å². The molecule has 16 heavy (non-hydrogen) atoms. The quantitative estimate of drug-likeness (QED) is 0.662. The lowest BCUT2D eigenvalue weighted by atomic mass is 10.1. The molecule has 1 aliphatic heterocycles. The van der Waals surface area contributed by atoms with Gasteiger partial charge < -0.3 is 4.90 Å². The van der Waals surface area contributed by atoms with Crippen LogP contribution in [0.15, 0.2) is 22.7 Å². The van der Waals surface area contributed by atoms with Crippen molar-refractivity contribution in [3.8, 4) is 0 Å². The third-order valence-electron chi connectivity index (χ3n) is 2.29. The topological polar surface area (TPSA) is 20.3 Å². The Labute approximate surface area is 113 Å². The van der Waals surface area contributed by atoms with Gasteiger partial charge in [-0.15, -0.1) is 0 Å². The first-order valence-corrected chi connectivity index (χ1v) is 6.38. The molecule has 6 heteroatoms. The van der Waals surface area contributed by atoms with Gasteiger partial charge in [-0.3, -0.25) is 4.79 Å². The van der Waals surface area contributed by atoms with Gasteiger partial charge >= 0.3 is 0 Å². The van der Waals surface area contributed by atoms with E-state index in [0.29, 0.717) is 10.0 Å². The van der Waals surface area contributed by atoms with E-state index in [4.69, 9.17) is 0 Å². The summed E-state index contributed by atoms with van der Waals surface area (Å²) in [6, 6.07) is 5.27. The van der Waals surface area contributed by atoms with E-state index in [1.165, 1.54) is 0 Å². The van der Waals surface area contributed by atoms with Gasteiger partial charge in [0.05, 0.1) is 18.7 Å². The third kappa shape index (κ3) is 2.37. The zero-order chi connectivity index (χ0) is 11.9. The number of alkyl halides is 2. The van der Waals surface area contributed by atoms with Crippen molar-refractivity contribution in [1.82, 2.24) is 4.90 Å². The Morgan fingerprint density at radius 1 is 1.44 bits per heavy atom. The fraction of sp³-hybridized carbons (Fsp3) is 0.300. The van der Waals surface area contributed by atoms with Gasteiger partial charge in [-0.05, 0) is 56.7 Å². The lowest BCUT2D eigenvalue weighted by molar-refractivity contribution is -0.113. The van der Waals surface area contributed by atoms with Gasteiger partial charge in [0.15, 0.2) is 0 Å². The lowest BCUT2D eigenvalue weighted by Gasteiger charge is -2.38. The summed E-state index contributed by atoms with van der Waals surface area (Å²) in [6.07, 6.45) is 0. The van der Waals surface area contributed by atoms with Gasteiger partial charge in [0.2, 0.25) is 0 Å². The summed E-state index contributed by atoms with van der Waals surface area (Å²) in [6.45, 7) is -0.965. The molecule has 2 nitrogen and oxygen atoms in total. The molecule has 0 radical (unpaired) electrons. The van der Waals surface area contributed by atoms with Crippen LogP contribution in [0.1, 0.15) is 10.4 Å². The second kappa shape index (κ2) is 4.21. The van der Waals surface area contributed by atoms with Crippen molar-refractivity contribution in [2.24, 2.45) is 0 Å². The van der Waals surface area contributed by atoms with Crippen LogP contribution in [0.25, 0.3) is 0 Å². The van der Waals surface area contributed by atoms with Crippen molar-refractivity contribution in [1.29, 1.82) is 0 Å². The molecule has 0 unspecified atom stereocenters. The molecule has 0 bridgehead atoms. The maximum absolute atomic E-state index is 12.6. The van der Waals surface area contributed by atoms with Crippen LogP contribution in [0.2, 0.25) is 0 Å². The van der Waals surface area contributed by atoms with Gasteiger partial charge in [0.1, 0.15) is 0 Å². The van der Waals surface area contributed by atoms with Crippen LogP contribution in [-0.4, -0.2) is 29.8 Å². The third-order valence-corrected chi connectivity index (χ3v) is 3.65. The number of halogens is 4. The summed E-state index contributed by atoms with van der Waals surface area (Å²) >= 11 is 5.32. The predicted molar refractivity (Wildman–Crippen MR) is 67.7 cm³/mol. The van der Waals surface area contributed by atoms with Crippen molar-refractivity contribution in [3.05, 3.63) is 31.8 Å². The molecule has 0 spiro atoms. The molecular formula is C10H7BrF2INO. The molecule has 1 aliphatic rings. The molecule has 86 valence electrons. The minimum Gasteiger partial charge on any atom is -0.326 e.